The normalized spacial score (nSPS) is 14.4. The quantitative estimate of drug-likeness (QED) is 0.765. The summed E-state index contributed by atoms with van der Waals surface area (Å²) in [5.41, 5.74) is 1.32. The molecule has 0 N–H and O–H groups in total. The molecule has 88 valence electrons. The van der Waals surface area contributed by atoms with Crippen LogP contribution in [0.15, 0.2) is 30.3 Å². The van der Waals surface area contributed by atoms with Crippen molar-refractivity contribution in [3.05, 3.63) is 35.9 Å². The van der Waals surface area contributed by atoms with Crippen molar-refractivity contribution in [2.45, 2.75) is 33.1 Å². The minimum atomic E-state index is 0.317. The van der Waals surface area contributed by atoms with E-state index < -0.39 is 0 Å². The van der Waals surface area contributed by atoms with E-state index in [9.17, 15) is 4.79 Å². The molecule has 0 aliphatic heterocycles. The Morgan fingerprint density at radius 1 is 1.25 bits per heavy atom. The van der Waals surface area contributed by atoms with Crippen LogP contribution in [-0.2, 0) is 4.79 Å². The van der Waals surface area contributed by atoms with E-state index in [2.05, 4.69) is 38.1 Å². The Labute approximate surface area is 103 Å². The Balaban J connectivity index is 2.54. The number of rotatable bonds is 5. The average molecular weight is 236 g/mol. The molecule has 0 bridgehead atoms. The molecule has 0 radical (unpaired) electrons. The molecule has 0 fully saturated rings. The van der Waals surface area contributed by atoms with Crippen molar-refractivity contribution in [1.29, 1.82) is 0 Å². The largest absolute Gasteiger partial charge is 0.287 e. The van der Waals surface area contributed by atoms with Gasteiger partial charge in [-0.3, -0.25) is 4.79 Å². The maximum absolute atomic E-state index is 11.6. The summed E-state index contributed by atoms with van der Waals surface area (Å²) in [6, 6.07) is 10.4. The van der Waals surface area contributed by atoms with Gasteiger partial charge in [-0.15, -0.1) is 0 Å². The molecular formula is C14H20OS. The van der Waals surface area contributed by atoms with Crippen LogP contribution < -0.4 is 0 Å². The summed E-state index contributed by atoms with van der Waals surface area (Å²) in [5, 5.41) is 0.317. The summed E-state index contributed by atoms with van der Waals surface area (Å²) in [5.74, 6) is 1.74. The van der Waals surface area contributed by atoms with Gasteiger partial charge in [0.15, 0.2) is 5.12 Å². The van der Waals surface area contributed by atoms with Crippen LogP contribution in [0.25, 0.3) is 0 Å². The van der Waals surface area contributed by atoms with Crippen molar-refractivity contribution in [3.8, 4) is 0 Å². The minimum absolute atomic E-state index is 0.317. The molecule has 1 nitrogen and oxygen atoms in total. The van der Waals surface area contributed by atoms with Gasteiger partial charge in [0.2, 0.25) is 0 Å². The van der Waals surface area contributed by atoms with Crippen molar-refractivity contribution >= 4 is 16.9 Å². The summed E-state index contributed by atoms with van der Waals surface area (Å²) in [6.45, 7) is 6.38. The summed E-state index contributed by atoms with van der Waals surface area (Å²) >= 11 is 1.43. The van der Waals surface area contributed by atoms with Gasteiger partial charge in [-0.1, -0.05) is 62.9 Å². The molecule has 0 amide bonds. The van der Waals surface area contributed by atoms with Crippen LogP contribution in [0.3, 0.4) is 0 Å². The van der Waals surface area contributed by atoms with Crippen molar-refractivity contribution < 1.29 is 4.79 Å². The lowest BCUT2D eigenvalue weighted by molar-refractivity contribution is -0.111. The topological polar surface area (TPSA) is 17.1 Å². The van der Waals surface area contributed by atoms with E-state index in [-0.39, 0.29) is 0 Å². The lowest BCUT2D eigenvalue weighted by Crippen LogP contribution is -2.10. The fourth-order valence-corrected chi connectivity index (χ4v) is 2.45. The van der Waals surface area contributed by atoms with Gasteiger partial charge in [0.05, 0.1) is 0 Å². The number of carbonyl (C=O) groups is 1. The van der Waals surface area contributed by atoms with Crippen LogP contribution in [0, 0.1) is 5.92 Å². The zero-order chi connectivity index (χ0) is 12.0. The second-order valence-electron chi connectivity index (χ2n) is 4.19. The van der Waals surface area contributed by atoms with Gasteiger partial charge in [-0.25, -0.2) is 0 Å². The molecule has 0 aliphatic carbocycles. The Bertz CT molecular complexity index is 321. The Kier molecular flexibility index (Phi) is 5.61. The second-order valence-corrected chi connectivity index (χ2v) is 5.51. The first-order chi connectivity index (χ1) is 7.65. The predicted octanol–water partition coefficient (Wildman–Crippen LogP) is 4.10. The highest BCUT2D eigenvalue weighted by atomic mass is 32.2. The van der Waals surface area contributed by atoms with E-state index in [1.165, 1.54) is 17.3 Å². The van der Waals surface area contributed by atoms with Gasteiger partial charge in [0.1, 0.15) is 0 Å². The third-order valence-electron chi connectivity index (χ3n) is 2.97. The first kappa shape index (κ1) is 13.3. The van der Waals surface area contributed by atoms with Crippen LogP contribution in [0.1, 0.15) is 38.7 Å². The summed E-state index contributed by atoms with van der Waals surface area (Å²) < 4.78 is 0. The van der Waals surface area contributed by atoms with Crippen LogP contribution in [0.4, 0.5) is 0 Å². The van der Waals surface area contributed by atoms with Crippen molar-refractivity contribution in [2.75, 3.05) is 5.75 Å². The van der Waals surface area contributed by atoms with Gasteiger partial charge in [0, 0.05) is 6.42 Å². The first-order valence-electron chi connectivity index (χ1n) is 5.85. The van der Waals surface area contributed by atoms with Crippen molar-refractivity contribution in [2.24, 2.45) is 5.92 Å². The average Bonchev–Trinajstić information content (AvgIpc) is 2.29. The smallest absolute Gasteiger partial charge is 0.189 e. The van der Waals surface area contributed by atoms with E-state index in [4.69, 9.17) is 0 Å². The second kappa shape index (κ2) is 6.74. The molecular weight excluding hydrogens is 216 g/mol. The third kappa shape index (κ3) is 4.01. The molecule has 2 atom stereocenters. The molecule has 1 rings (SSSR count). The van der Waals surface area contributed by atoms with Crippen LogP contribution in [0.2, 0.25) is 0 Å². The molecule has 0 heterocycles. The molecule has 0 saturated heterocycles. The fraction of sp³-hybridized carbons (Fsp3) is 0.500. The monoisotopic (exact) mass is 236 g/mol. The zero-order valence-corrected chi connectivity index (χ0v) is 11.1. The summed E-state index contributed by atoms with van der Waals surface area (Å²) in [6.07, 6.45) is 0.675. The first-order valence-corrected chi connectivity index (χ1v) is 6.84. The highest BCUT2D eigenvalue weighted by Crippen LogP contribution is 2.27. The molecule has 1 aromatic rings. The van der Waals surface area contributed by atoms with Crippen LogP contribution in [0.5, 0.6) is 0 Å². The predicted molar refractivity (Wildman–Crippen MR) is 71.8 cm³/mol. The molecule has 0 aromatic heterocycles. The number of hydrogen-bond acceptors (Lipinski definition) is 2. The number of carbonyl (C=O) groups excluding carboxylic acids is 1. The SMILES string of the molecule is CCSC(=O)C[C@H](C)[C@H](C)c1ccccc1. The molecule has 16 heavy (non-hydrogen) atoms. The number of benzene rings is 1. The summed E-state index contributed by atoms with van der Waals surface area (Å²) in [4.78, 5) is 11.6. The van der Waals surface area contributed by atoms with Gasteiger partial charge in [-0.05, 0) is 23.2 Å². The maximum Gasteiger partial charge on any atom is 0.189 e. The highest BCUT2D eigenvalue weighted by Gasteiger charge is 2.17. The molecule has 1 aromatic carbocycles. The minimum Gasteiger partial charge on any atom is -0.287 e. The van der Waals surface area contributed by atoms with Gasteiger partial charge in [0.25, 0.3) is 0 Å². The van der Waals surface area contributed by atoms with Gasteiger partial charge >= 0.3 is 0 Å². The van der Waals surface area contributed by atoms with Gasteiger partial charge < -0.3 is 0 Å². The number of thioether (sulfide) groups is 1. The molecule has 2 heteroatoms. The molecule has 0 saturated carbocycles. The van der Waals surface area contributed by atoms with E-state index >= 15 is 0 Å². The standard InChI is InChI=1S/C14H20OS/c1-4-16-14(15)10-11(2)12(3)13-8-6-5-7-9-13/h5-9,11-12H,4,10H2,1-3H3/t11-,12-/m0/s1. The lowest BCUT2D eigenvalue weighted by Gasteiger charge is -2.19. The van der Waals surface area contributed by atoms with E-state index in [1.54, 1.807) is 0 Å². The van der Waals surface area contributed by atoms with Crippen LogP contribution >= 0.6 is 11.8 Å². The van der Waals surface area contributed by atoms with E-state index in [0.717, 1.165) is 5.75 Å². The maximum atomic E-state index is 11.6. The summed E-state index contributed by atoms with van der Waals surface area (Å²) in [7, 11) is 0. The van der Waals surface area contributed by atoms with E-state index in [1.807, 2.05) is 13.0 Å². The number of hydrogen-bond donors (Lipinski definition) is 0. The molecule has 0 unspecified atom stereocenters. The van der Waals surface area contributed by atoms with Crippen LogP contribution in [-0.4, -0.2) is 10.9 Å². The van der Waals surface area contributed by atoms with Gasteiger partial charge in [-0.2, -0.15) is 0 Å². The molecule has 0 spiro atoms. The Morgan fingerprint density at radius 2 is 1.88 bits per heavy atom. The lowest BCUT2D eigenvalue weighted by atomic mass is 9.87. The van der Waals surface area contributed by atoms with Crippen molar-refractivity contribution in [1.82, 2.24) is 0 Å². The highest BCUT2D eigenvalue weighted by molar-refractivity contribution is 8.13. The Hall–Kier alpha value is -0.760. The zero-order valence-electron chi connectivity index (χ0n) is 10.3. The van der Waals surface area contributed by atoms with Crippen molar-refractivity contribution in [3.63, 3.8) is 0 Å². The fourth-order valence-electron chi connectivity index (χ4n) is 1.74. The Morgan fingerprint density at radius 3 is 2.44 bits per heavy atom. The molecule has 0 aliphatic rings. The third-order valence-corrected chi connectivity index (χ3v) is 3.75. The van der Waals surface area contributed by atoms with E-state index in [0.29, 0.717) is 23.4 Å².